The van der Waals surface area contributed by atoms with Crippen LogP contribution >= 0.6 is 0 Å². The number of benzene rings is 2. The molecule has 0 aliphatic heterocycles. The average molecular weight is 408 g/mol. The topological polar surface area (TPSA) is 49.8 Å². The van der Waals surface area contributed by atoms with Gasteiger partial charge in [0.15, 0.2) is 0 Å². The summed E-state index contributed by atoms with van der Waals surface area (Å²) < 4.78 is 5.97. The van der Waals surface area contributed by atoms with Crippen molar-refractivity contribution < 1.29 is 14.6 Å². The minimum Gasteiger partial charge on any atom is -0.492 e. The van der Waals surface area contributed by atoms with Crippen molar-refractivity contribution in [1.29, 1.82) is 0 Å². The minimum absolute atomic E-state index is 0.165. The molecule has 0 amide bonds. The van der Waals surface area contributed by atoms with Crippen molar-refractivity contribution in [2.45, 2.75) is 46.3 Å². The van der Waals surface area contributed by atoms with Gasteiger partial charge >= 0.3 is 5.97 Å². The normalized spacial score (nSPS) is 13.1. The SMILES string of the molecule is C=CCO/C(=C(\C)C(=O)O)C(CC(C)C)N(Cc1ccccc1)Cc1ccccc1. The maximum atomic E-state index is 11.9. The third-order valence-electron chi connectivity index (χ3n) is 4.94. The molecular formula is C26H33NO3. The van der Waals surface area contributed by atoms with Crippen molar-refractivity contribution in [2.75, 3.05) is 6.61 Å². The van der Waals surface area contributed by atoms with E-state index in [1.165, 1.54) is 11.1 Å². The Morgan fingerprint density at radius 2 is 1.53 bits per heavy atom. The fourth-order valence-electron chi connectivity index (χ4n) is 3.49. The van der Waals surface area contributed by atoms with Gasteiger partial charge in [0, 0.05) is 13.1 Å². The Kier molecular flexibility index (Phi) is 9.36. The zero-order valence-electron chi connectivity index (χ0n) is 18.3. The lowest BCUT2D eigenvalue weighted by Gasteiger charge is -2.35. The smallest absolute Gasteiger partial charge is 0.334 e. The molecule has 0 aliphatic rings. The lowest BCUT2D eigenvalue weighted by atomic mass is 9.96. The third kappa shape index (κ3) is 7.20. The predicted molar refractivity (Wildman–Crippen MR) is 122 cm³/mol. The molecule has 0 heterocycles. The molecule has 2 aromatic carbocycles. The number of aliphatic carboxylic acids is 1. The lowest BCUT2D eigenvalue weighted by molar-refractivity contribution is -0.133. The molecule has 30 heavy (non-hydrogen) atoms. The number of hydrogen-bond acceptors (Lipinski definition) is 3. The summed E-state index contributed by atoms with van der Waals surface area (Å²) >= 11 is 0. The Balaban J connectivity index is 2.50. The Hall–Kier alpha value is -2.85. The van der Waals surface area contributed by atoms with E-state index >= 15 is 0 Å². The zero-order chi connectivity index (χ0) is 21.9. The second-order valence-electron chi connectivity index (χ2n) is 7.92. The number of rotatable bonds is 12. The number of ether oxygens (including phenoxy) is 1. The summed E-state index contributed by atoms with van der Waals surface area (Å²) in [5.74, 6) is -0.0712. The minimum atomic E-state index is -0.956. The highest BCUT2D eigenvalue weighted by atomic mass is 16.5. The molecule has 0 bridgehead atoms. The van der Waals surface area contributed by atoms with Gasteiger partial charge in [-0.2, -0.15) is 0 Å². The van der Waals surface area contributed by atoms with Crippen LogP contribution in [-0.2, 0) is 22.6 Å². The predicted octanol–water partition coefficient (Wildman–Crippen LogP) is 5.66. The van der Waals surface area contributed by atoms with Crippen molar-refractivity contribution in [3.05, 3.63) is 95.8 Å². The van der Waals surface area contributed by atoms with Crippen molar-refractivity contribution in [2.24, 2.45) is 5.92 Å². The van der Waals surface area contributed by atoms with Crippen molar-refractivity contribution in [1.82, 2.24) is 4.90 Å². The fraction of sp³-hybridized carbons (Fsp3) is 0.346. The summed E-state index contributed by atoms with van der Waals surface area (Å²) in [6, 6.07) is 20.4. The van der Waals surface area contributed by atoms with Crippen LogP contribution in [0.5, 0.6) is 0 Å². The number of carboxylic acids is 1. The maximum Gasteiger partial charge on any atom is 0.334 e. The Labute approximate surface area is 180 Å². The van der Waals surface area contributed by atoms with Crippen LogP contribution in [0.2, 0.25) is 0 Å². The number of nitrogens with zero attached hydrogens (tertiary/aromatic N) is 1. The van der Waals surface area contributed by atoms with Crippen molar-refractivity contribution >= 4 is 5.97 Å². The van der Waals surface area contributed by atoms with E-state index in [4.69, 9.17) is 4.74 Å². The first-order valence-corrected chi connectivity index (χ1v) is 10.4. The van der Waals surface area contributed by atoms with Crippen LogP contribution in [0.1, 0.15) is 38.3 Å². The standard InChI is InChI=1S/C26H33NO3/c1-5-16-30-25(21(4)26(28)29)24(17-20(2)3)27(18-22-12-8-6-9-13-22)19-23-14-10-7-11-15-23/h5-15,20,24H,1,16-19H2,2-4H3,(H,28,29)/b25-21+. The third-order valence-corrected chi connectivity index (χ3v) is 4.94. The number of hydrogen-bond donors (Lipinski definition) is 1. The molecule has 0 radical (unpaired) electrons. The lowest BCUT2D eigenvalue weighted by Crippen LogP contribution is -2.38. The highest BCUT2D eigenvalue weighted by Crippen LogP contribution is 2.27. The molecule has 0 aliphatic carbocycles. The second-order valence-corrected chi connectivity index (χ2v) is 7.92. The molecule has 0 saturated carbocycles. The largest absolute Gasteiger partial charge is 0.492 e. The molecule has 0 fully saturated rings. The van der Waals surface area contributed by atoms with E-state index in [1.807, 2.05) is 36.4 Å². The number of carbonyl (C=O) groups is 1. The van der Waals surface area contributed by atoms with Crippen LogP contribution in [0.15, 0.2) is 84.7 Å². The quantitative estimate of drug-likeness (QED) is 0.280. The Bertz CT molecular complexity index is 786. The molecule has 160 valence electrons. The van der Waals surface area contributed by atoms with E-state index in [0.717, 1.165) is 6.42 Å². The van der Waals surface area contributed by atoms with Gasteiger partial charge in [0.25, 0.3) is 0 Å². The van der Waals surface area contributed by atoms with Gasteiger partial charge in [0.2, 0.25) is 0 Å². The first-order valence-electron chi connectivity index (χ1n) is 10.4. The molecule has 2 rings (SSSR count). The van der Waals surface area contributed by atoms with Gasteiger partial charge in [0.1, 0.15) is 12.4 Å². The van der Waals surface area contributed by atoms with E-state index in [-0.39, 0.29) is 18.2 Å². The summed E-state index contributed by atoms with van der Waals surface area (Å²) in [7, 11) is 0. The summed E-state index contributed by atoms with van der Waals surface area (Å²) in [6.07, 6.45) is 2.44. The van der Waals surface area contributed by atoms with E-state index in [2.05, 4.69) is 49.6 Å². The van der Waals surface area contributed by atoms with Gasteiger partial charge in [-0.3, -0.25) is 4.90 Å². The van der Waals surface area contributed by atoms with Crippen LogP contribution in [0.4, 0.5) is 0 Å². The van der Waals surface area contributed by atoms with Gasteiger partial charge in [0.05, 0.1) is 11.6 Å². The molecule has 1 N–H and O–H groups in total. The summed E-state index contributed by atoms with van der Waals surface area (Å²) in [5.41, 5.74) is 2.60. The molecule has 2 aromatic rings. The Morgan fingerprint density at radius 1 is 1.03 bits per heavy atom. The van der Waals surface area contributed by atoms with Crippen LogP contribution in [0.25, 0.3) is 0 Å². The van der Waals surface area contributed by atoms with Gasteiger partial charge in [-0.25, -0.2) is 4.79 Å². The van der Waals surface area contributed by atoms with Crippen LogP contribution in [0, 0.1) is 5.92 Å². The van der Waals surface area contributed by atoms with Crippen molar-refractivity contribution in [3.63, 3.8) is 0 Å². The van der Waals surface area contributed by atoms with E-state index in [0.29, 0.717) is 24.8 Å². The molecule has 1 atom stereocenters. The summed E-state index contributed by atoms with van der Waals surface area (Å²) in [5, 5.41) is 9.71. The average Bonchev–Trinajstić information content (AvgIpc) is 2.73. The maximum absolute atomic E-state index is 11.9. The molecule has 0 spiro atoms. The molecule has 4 heteroatoms. The van der Waals surface area contributed by atoms with Crippen LogP contribution in [0.3, 0.4) is 0 Å². The summed E-state index contributed by atoms with van der Waals surface area (Å²) in [6.45, 7) is 11.3. The Morgan fingerprint density at radius 3 is 1.93 bits per heavy atom. The second kappa shape index (κ2) is 12.0. The first-order chi connectivity index (χ1) is 14.4. The van der Waals surface area contributed by atoms with Gasteiger partial charge < -0.3 is 9.84 Å². The molecule has 0 saturated heterocycles. The fourth-order valence-corrected chi connectivity index (χ4v) is 3.49. The van der Waals surface area contributed by atoms with Gasteiger partial charge in [-0.05, 0) is 30.4 Å². The molecular weight excluding hydrogens is 374 g/mol. The van der Waals surface area contributed by atoms with Gasteiger partial charge in [-0.1, -0.05) is 87.2 Å². The number of carboxylic acid groups (broad SMARTS) is 1. The molecule has 1 unspecified atom stereocenters. The van der Waals surface area contributed by atoms with E-state index < -0.39 is 5.97 Å². The van der Waals surface area contributed by atoms with Gasteiger partial charge in [-0.15, -0.1) is 0 Å². The van der Waals surface area contributed by atoms with E-state index in [1.54, 1.807) is 13.0 Å². The summed E-state index contributed by atoms with van der Waals surface area (Å²) in [4.78, 5) is 14.2. The first kappa shape index (κ1) is 23.4. The van der Waals surface area contributed by atoms with E-state index in [9.17, 15) is 9.90 Å². The monoisotopic (exact) mass is 407 g/mol. The van der Waals surface area contributed by atoms with Crippen LogP contribution in [-0.4, -0.2) is 28.6 Å². The highest BCUT2D eigenvalue weighted by Gasteiger charge is 2.28. The molecule has 0 aromatic heterocycles. The zero-order valence-corrected chi connectivity index (χ0v) is 18.3. The molecule has 4 nitrogen and oxygen atoms in total. The van der Waals surface area contributed by atoms with Crippen LogP contribution < -0.4 is 0 Å². The highest BCUT2D eigenvalue weighted by molar-refractivity contribution is 5.86. The van der Waals surface area contributed by atoms with Crippen molar-refractivity contribution in [3.8, 4) is 0 Å².